The van der Waals surface area contributed by atoms with Crippen LogP contribution in [0.2, 0.25) is 0 Å². The minimum absolute atomic E-state index is 0.0174. The highest BCUT2D eigenvalue weighted by Gasteiger charge is 2.28. The molecule has 1 heterocycles. The lowest BCUT2D eigenvalue weighted by Gasteiger charge is -2.13. The summed E-state index contributed by atoms with van der Waals surface area (Å²) in [6.45, 7) is 1.71. The Balaban J connectivity index is 1.49. The van der Waals surface area contributed by atoms with E-state index in [0.717, 1.165) is 12.5 Å². The molecule has 10 nitrogen and oxygen atoms in total. The number of nitrogens with zero attached hydrogens (tertiary/aromatic N) is 2. The SMILES string of the molecule is Cc1c(C(=O)NNC(=O)c2ccccc2F)oc2c1/C(=N/Nc1ccc([N+](=O)[O-])cc1)CCC2. The Bertz CT molecular complexity index is 1300. The average Bonchev–Trinajstić information content (AvgIpc) is 3.18. The predicted molar refractivity (Wildman–Crippen MR) is 121 cm³/mol. The van der Waals surface area contributed by atoms with Gasteiger partial charge in [0.15, 0.2) is 5.76 Å². The second-order valence-corrected chi connectivity index (χ2v) is 7.57. The number of rotatable bonds is 5. The van der Waals surface area contributed by atoms with Crippen LogP contribution in [0.1, 0.15) is 50.6 Å². The molecule has 4 rings (SSSR count). The number of carbonyl (C=O) groups excluding carboxylic acids is 2. The summed E-state index contributed by atoms with van der Waals surface area (Å²) in [5.41, 5.74) is 9.59. The van der Waals surface area contributed by atoms with Gasteiger partial charge in [0, 0.05) is 29.7 Å². The number of nitro groups is 1. The van der Waals surface area contributed by atoms with Crippen LogP contribution in [0.5, 0.6) is 0 Å². The first-order chi connectivity index (χ1) is 16.3. The number of hydrazine groups is 1. The largest absolute Gasteiger partial charge is 0.455 e. The van der Waals surface area contributed by atoms with Gasteiger partial charge in [-0.05, 0) is 44.0 Å². The molecule has 11 heteroatoms. The molecular weight excluding hydrogens is 445 g/mol. The molecule has 0 aliphatic heterocycles. The van der Waals surface area contributed by atoms with Crippen LogP contribution in [0.4, 0.5) is 15.8 Å². The molecule has 0 saturated carbocycles. The zero-order chi connectivity index (χ0) is 24.2. The molecule has 0 atom stereocenters. The third kappa shape index (κ3) is 4.63. The van der Waals surface area contributed by atoms with Crippen molar-refractivity contribution in [1.82, 2.24) is 10.9 Å². The smallest absolute Gasteiger partial charge is 0.305 e. The number of hydrogen-bond donors (Lipinski definition) is 3. The number of hydrogen-bond acceptors (Lipinski definition) is 7. The topological polar surface area (TPSA) is 139 Å². The van der Waals surface area contributed by atoms with E-state index in [4.69, 9.17) is 4.42 Å². The number of nitro benzene ring substituents is 1. The summed E-state index contributed by atoms with van der Waals surface area (Å²) in [5, 5.41) is 15.2. The molecule has 3 N–H and O–H groups in total. The fraction of sp³-hybridized carbons (Fsp3) is 0.174. The fourth-order valence-electron chi connectivity index (χ4n) is 3.67. The van der Waals surface area contributed by atoms with E-state index in [-0.39, 0.29) is 17.0 Å². The summed E-state index contributed by atoms with van der Waals surface area (Å²) < 4.78 is 19.5. The molecule has 0 unspecified atom stereocenters. The van der Waals surface area contributed by atoms with Crippen molar-refractivity contribution in [2.45, 2.75) is 26.2 Å². The van der Waals surface area contributed by atoms with Crippen molar-refractivity contribution in [3.8, 4) is 0 Å². The number of nitrogens with one attached hydrogen (secondary N) is 3. The van der Waals surface area contributed by atoms with E-state index in [0.29, 0.717) is 41.1 Å². The van der Waals surface area contributed by atoms with Gasteiger partial charge in [-0.15, -0.1) is 0 Å². The van der Waals surface area contributed by atoms with Crippen LogP contribution >= 0.6 is 0 Å². The summed E-state index contributed by atoms with van der Waals surface area (Å²) in [6, 6.07) is 11.2. The number of hydrazone groups is 1. The highest BCUT2D eigenvalue weighted by atomic mass is 19.1. The number of halogens is 1. The van der Waals surface area contributed by atoms with Gasteiger partial charge in [-0.25, -0.2) is 4.39 Å². The van der Waals surface area contributed by atoms with E-state index in [9.17, 15) is 24.1 Å². The second kappa shape index (κ2) is 9.53. The predicted octanol–water partition coefficient (Wildman–Crippen LogP) is 3.86. The lowest BCUT2D eigenvalue weighted by molar-refractivity contribution is -0.384. The van der Waals surface area contributed by atoms with Crippen LogP contribution in [-0.4, -0.2) is 22.4 Å². The van der Waals surface area contributed by atoms with Crippen molar-refractivity contribution >= 4 is 28.9 Å². The van der Waals surface area contributed by atoms with Gasteiger partial charge < -0.3 is 4.42 Å². The number of aryl methyl sites for hydroxylation is 1. The molecule has 3 aromatic rings. The summed E-state index contributed by atoms with van der Waals surface area (Å²) in [5.74, 6) is -1.57. The lowest BCUT2D eigenvalue weighted by atomic mass is 9.93. The number of fused-ring (bicyclic) bond motifs is 1. The van der Waals surface area contributed by atoms with Gasteiger partial charge in [0.05, 0.1) is 21.9 Å². The van der Waals surface area contributed by atoms with Crippen LogP contribution in [0.25, 0.3) is 0 Å². The maximum absolute atomic E-state index is 13.8. The quantitative estimate of drug-likeness (QED) is 0.386. The molecule has 0 spiro atoms. The van der Waals surface area contributed by atoms with Gasteiger partial charge in [0.2, 0.25) is 0 Å². The molecule has 0 bridgehead atoms. The first-order valence-corrected chi connectivity index (χ1v) is 10.4. The zero-order valence-corrected chi connectivity index (χ0v) is 18.1. The van der Waals surface area contributed by atoms with Crippen molar-refractivity contribution in [3.05, 3.63) is 92.7 Å². The van der Waals surface area contributed by atoms with Crippen LogP contribution in [0.15, 0.2) is 58.0 Å². The van der Waals surface area contributed by atoms with Crippen LogP contribution in [-0.2, 0) is 6.42 Å². The number of furan rings is 1. The maximum atomic E-state index is 13.8. The molecule has 1 aliphatic carbocycles. The van der Waals surface area contributed by atoms with E-state index < -0.39 is 22.6 Å². The Hall–Kier alpha value is -4.54. The molecule has 0 saturated heterocycles. The van der Waals surface area contributed by atoms with E-state index in [1.54, 1.807) is 19.1 Å². The summed E-state index contributed by atoms with van der Waals surface area (Å²) in [6.07, 6.45) is 2.01. The van der Waals surface area contributed by atoms with E-state index >= 15 is 0 Å². The van der Waals surface area contributed by atoms with E-state index in [2.05, 4.69) is 21.4 Å². The third-order valence-corrected chi connectivity index (χ3v) is 5.34. The first-order valence-electron chi connectivity index (χ1n) is 10.4. The van der Waals surface area contributed by atoms with Crippen molar-refractivity contribution < 1.29 is 23.3 Å². The van der Waals surface area contributed by atoms with Crippen molar-refractivity contribution in [2.75, 3.05) is 5.43 Å². The van der Waals surface area contributed by atoms with Gasteiger partial charge in [0.1, 0.15) is 11.6 Å². The first kappa shape index (κ1) is 22.6. The van der Waals surface area contributed by atoms with Crippen molar-refractivity contribution in [2.24, 2.45) is 5.10 Å². The van der Waals surface area contributed by atoms with Crippen molar-refractivity contribution in [3.63, 3.8) is 0 Å². The van der Waals surface area contributed by atoms with Crippen molar-refractivity contribution in [1.29, 1.82) is 0 Å². The number of benzene rings is 2. The summed E-state index contributed by atoms with van der Waals surface area (Å²) in [7, 11) is 0. The average molecular weight is 465 g/mol. The molecule has 1 aromatic heterocycles. The maximum Gasteiger partial charge on any atom is 0.305 e. The zero-order valence-electron chi connectivity index (χ0n) is 18.1. The monoisotopic (exact) mass is 465 g/mol. The molecule has 0 fully saturated rings. The third-order valence-electron chi connectivity index (χ3n) is 5.34. The van der Waals surface area contributed by atoms with Gasteiger partial charge >= 0.3 is 5.91 Å². The number of carbonyl (C=O) groups is 2. The van der Waals surface area contributed by atoms with Gasteiger partial charge in [-0.2, -0.15) is 5.10 Å². The van der Waals surface area contributed by atoms with Crippen LogP contribution < -0.4 is 16.3 Å². The number of anilines is 1. The molecular formula is C23H20FN5O5. The Labute approximate surface area is 193 Å². The lowest BCUT2D eigenvalue weighted by Crippen LogP contribution is -2.42. The van der Waals surface area contributed by atoms with Gasteiger partial charge in [-0.1, -0.05) is 12.1 Å². The Kier molecular flexibility index (Phi) is 6.35. The fourth-order valence-corrected chi connectivity index (χ4v) is 3.67. The number of amides is 2. The highest BCUT2D eigenvalue weighted by Crippen LogP contribution is 2.30. The minimum Gasteiger partial charge on any atom is -0.455 e. The molecule has 1 aliphatic rings. The summed E-state index contributed by atoms with van der Waals surface area (Å²) >= 11 is 0. The van der Waals surface area contributed by atoms with Crippen LogP contribution in [0.3, 0.4) is 0 Å². The van der Waals surface area contributed by atoms with E-state index in [1.165, 1.54) is 30.3 Å². The van der Waals surface area contributed by atoms with Gasteiger partial charge in [0.25, 0.3) is 11.6 Å². The Morgan fingerprint density at radius 2 is 1.76 bits per heavy atom. The molecule has 34 heavy (non-hydrogen) atoms. The Morgan fingerprint density at radius 1 is 1.06 bits per heavy atom. The second-order valence-electron chi connectivity index (χ2n) is 7.57. The van der Waals surface area contributed by atoms with E-state index in [1.807, 2.05) is 0 Å². The molecule has 0 radical (unpaired) electrons. The highest BCUT2D eigenvalue weighted by molar-refractivity contribution is 6.07. The molecule has 174 valence electrons. The standard InChI is InChI=1S/C23H20FN5O5/c1-13-20-18(26-25-14-9-11-15(12-10-14)29(32)33)7-4-8-19(20)34-21(13)23(31)28-27-22(30)16-5-2-3-6-17(16)24/h2-3,5-6,9-12,25H,4,7-8H2,1H3,(H,27,30)(H,28,31)/b26-18+. The normalized spacial score (nSPS) is 13.8. The number of non-ortho nitro benzene ring substituents is 1. The Morgan fingerprint density at radius 3 is 2.47 bits per heavy atom. The van der Waals surface area contributed by atoms with Crippen LogP contribution in [0, 0.1) is 22.9 Å². The van der Waals surface area contributed by atoms with Gasteiger partial charge in [-0.3, -0.25) is 36.0 Å². The molecule has 2 aromatic carbocycles. The summed E-state index contributed by atoms with van der Waals surface area (Å²) in [4.78, 5) is 35.1. The minimum atomic E-state index is -0.796. The molecule has 2 amide bonds.